The summed E-state index contributed by atoms with van der Waals surface area (Å²) in [5.41, 5.74) is 0.129. The Morgan fingerprint density at radius 3 is 2.87 bits per heavy atom. The van der Waals surface area contributed by atoms with E-state index in [4.69, 9.17) is 4.74 Å². The SMILES string of the molecule is C[C@]12CC[C@H]3[C@H](C[C@H]4OC[C@]35CC[C@H](O)CC45Br)[C@@H]1CCC2=O. The Morgan fingerprint density at radius 1 is 1.22 bits per heavy atom. The van der Waals surface area contributed by atoms with Gasteiger partial charge in [-0.05, 0) is 62.7 Å². The lowest BCUT2D eigenvalue weighted by Crippen LogP contribution is -2.63. The molecular weight excluding hydrogens is 356 g/mol. The van der Waals surface area contributed by atoms with Crippen LogP contribution in [-0.4, -0.2) is 34.0 Å². The zero-order valence-corrected chi connectivity index (χ0v) is 15.5. The van der Waals surface area contributed by atoms with Crippen molar-refractivity contribution in [1.29, 1.82) is 0 Å². The van der Waals surface area contributed by atoms with Gasteiger partial charge in [0.2, 0.25) is 0 Å². The lowest BCUT2D eigenvalue weighted by atomic mass is 9.45. The van der Waals surface area contributed by atoms with Crippen LogP contribution in [0.2, 0.25) is 0 Å². The molecule has 4 saturated carbocycles. The number of aliphatic hydroxyl groups is 1. The number of hydrogen-bond donors (Lipinski definition) is 1. The first-order chi connectivity index (χ1) is 10.9. The Labute approximate surface area is 146 Å². The van der Waals surface area contributed by atoms with Gasteiger partial charge in [0, 0.05) is 17.3 Å². The van der Waals surface area contributed by atoms with Crippen LogP contribution >= 0.6 is 15.9 Å². The minimum Gasteiger partial charge on any atom is -0.393 e. The number of ketones is 1. The molecule has 0 amide bonds. The highest BCUT2D eigenvalue weighted by Gasteiger charge is 2.72. The molecule has 2 bridgehead atoms. The van der Waals surface area contributed by atoms with Crippen LogP contribution in [0, 0.1) is 28.6 Å². The van der Waals surface area contributed by atoms with E-state index >= 15 is 0 Å². The third-order valence-corrected chi connectivity index (χ3v) is 10.3. The highest BCUT2D eigenvalue weighted by Crippen LogP contribution is 2.71. The number of rotatable bonds is 0. The quantitative estimate of drug-likeness (QED) is 0.652. The molecule has 0 spiro atoms. The zero-order chi connectivity index (χ0) is 16.0. The van der Waals surface area contributed by atoms with Crippen LogP contribution in [0.4, 0.5) is 0 Å². The number of Topliss-reactive ketones (excluding diaryl/α,β-unsaturated/α-hetero) is 1. The van der Waals surface area contributed by atoms with Crippen LogP contribution in [0.5, 0.6) is 0 Å². The van der Waals surface area contributed by atoms with E-state index in [-0.39, 0.29) is 27.4 Å². The van der Waals surface area contributed by atoms with Crippen LogP contribution in [-0.2, 0) is 9.53 Å². The number of carbonyl (C=O) groups excluding carboxylic acids is 1. The molecule has 0 aromatic carbocycles. The number of fused-ring (bicyclic) bond motifs is 3. The molecule has 4 heteroatoms. The monoisotopic (exact) mass is 382 g/mol. The summed E-state index contributed by atoms with van der Waals surface area (Å²) in [7, 11) is 0. The van der Waals surface area contributed by atoms with Gasteiger partial charge in [-0.3, -0.25) is 4.79 Å². The third-order valence-electron chi connectivity index (χ3n) is 8.68. The van der Waals surface area contributed by atoms with E-state index in [9.17, 15) is 9.90 Å². The molecule has 5 aliphatic rings. The van der Waals surface area contributed by atoms with E-state index in [0.29, 0.717) is 23.5 Å². The van der Waals surface area contributed by atoms with Crippen molar-refractivity contribution in [2.24, 2.45) is 28.6 Å². The number of alkyl halides is 1. The van der Waals surface area contributed by atoms with Crippen molar-refractivity contribution in [2.45, 2.75) is 74.8 Å². The van der Waals surface area contributed by atoms with Gasteiger partial charge in [-0.2, -0.15) is 0 Å². The van der Waals surface area contributed by atoms with Gasteiger partial charge in [0.25, 0.3) is 0 Å². The van der Waals surface area contributed by atoms with Crippen molar-refractivity contribution < 1.29 is 14.6 Å². The maximum Gasteiger partial charge on any atom is 0.139 e. The fraction of sp³-hybridized carbons (Fsp3) is 0.947. The highest BCUT2D eigenvalue weighted by molar-refractivity contribution is 9.10. The Kier molecular flexibility index (Phi) is 3.08. The van der Waals surface area contributed by atoms with Crippen molar-refractivity contribution in [2.75, 3.05) is 6.61 Å². The zero-order valence-electron chi connectivity index (χ0n) is 13.9. The van der Waals surface area contributed by atoms with Gasteiger partial charge in [0.15, 0.2) is 0 Å². The van der Waals surface area contributed by atoms with E-state index in [2.05, 4.69) is 22.9 Å². The van der Waals surface area contributed by atoms with Crippen LogP contribution in [0.1, 0.15) is 58.3 Å². The van der Waals surface area contributed by atoms with E-state index in [1.165, 1.54) is 6.42 Å². The summed E-state index contributed by atoms with van der Waals surface area (Å²) in [6.07, 6.45) is 8.06. The number of aliphatic hydroxyl groups excluding tert-OH is 1. The molecule has 1 N–H and O–H groups in total. The fourth-order valence-electron chi connectivity index (χ4n) is 7.48. The van der Waals surface area contributed by atoms with Gasteiger partial charge in [-0.1, -0.05) is 22.9 Å². The number of hydrogen-bond acceptors (Lipinski definition) is 3. The molecule has 1 heterocycles. The third kappa shape index (κ3) is 1.67. The van der Waals surface area contributed by atoms with Crippen molar-refractivity contribution >= 4 is 21.7 Å². The molecule has 23 heavy (non-hydrogen) atoms. The predicted molar refractivity (Wildman–Crippen MR) is 90.4 cm³/mol. The summed E-state index contributed by atoms with van der Waals surface area (Å²) < 4.78 is 6.29. The molecule has 3 nitrogen and oxygen atoms in total. The van der Waals surface area contributed by atoms with Gasteiger partial charge >= 0.3 is 0 Å². The highest BCUT2D eigenvalue weighted by atomic mass is 79.9. The van der Waals surface area contributed by atoms with Crippen LogP contribution in [0.3, 0.4) is 0 Å². The molecule has 1 aliphatic heterocycles. The molecule has 5 rings (SSSR count). The lowest BCUT2D eigenvalue weighted by Gasteiger charge is -2.61. The predicted octanol–water partition coefficient (Wildman–Crippen LogP) is 3.47. The summed E-state index contributed by atoms with van der Waals surface area (Å²) in [6.45, 7) is 3.10. The molecule has 1 unspecified atom stereocenters. The summed E-state index contributed by atoms with van der Waals surface area (Å²) in [5.74, 6) is 2.39. The summed E-state index contributed by atoms with van der Waals surface area (Å²) >= 11 is 4.11. The van der Waals surface area contributed by atoms with Crippen molar-refractivity contribution in [3.63, 3.8) is 0 Å². The smallest absolute Gasteiger partial charge is 0.139 e. The first-order valence-electron chi connectivity index (χ1n) is 9.43. The molecule has 4 aliphatic carbocycles. The van der Waals surface area contributed by atoms with Crippen LogP contribution in [0.25, 0.3) is 0 Å². The number of halogens is 1. The van der Waals surface area contributed by atoms with Gasteiger partial charge < -0.3 is 9.84 Å². The Balaban J connectivity index is 1.56. The van der Waals surface area contributed by atoms with E-state index in [1.807, 2.05) is 0 Å². The molecular formula is C19H27BrO3. The minimum absolute atomic E-state index is 0.0326. The minimum atomic E-state index is -0.190. The largest absolute Gasteiger partial charge is 0.393 e. The van der Waals surface area contributed by atoms with Gasteiger partial charge in [-0.25, -0.2) is 0 Å². The first kappa shape index (κ1) is 15.3. The summed E-state index contributed by atoms with van der Waals surface area (Å²) in [5, 5.41) is 10.3. The topological polar surface area (TPSA) is 46.5 Å². The molecule has 5 fully saturated rings. The van der Waals surface area contributed by atoms with Gasteiger partial charge in [0.05, 0.1) is 23.1 Å². The van der Waals surface area contributed by atoms with Crippen LogP contribution < -0.4 is 0 Å². The maximum atomic E-state index is 12.5. The fourth-order valence-corrected chi connectivity index (χ4v) is 8.78. The van der Waals surface area contributed by atoms with E-state index in [1.54, 1.807) is 0 Å². The normalized spacial score (nSPS) is 61.0. The van der Waals surface area contributed by atoms with Crippen LogP contribution in [0.15, 0.2) is 0 Å². The number of carbonyl (C=O) groups is 1. The Bertz CT molecular complexity index is 565. The molecule has 128 valence electrons. The average Bonchev–Trinajstić information content (AvgIpc) is 2.88. The second kappa shape index (κ2) is 4.62. The van der Waals surface area contributed by atoms with E-state index < -0.39 is 0 Å². The average molecular weight is 383 g/mol. The van der Waals surface area contributed by atoms with Crippen molar-refractivity contribution in [1.82, 2.24) is 0 Å². The maximum absolute atomic E-state index is 12.5. The van der Waals surface area contributed by atoms with E-state index in [0.717, 1.165) is 51.6 Å². The van der Waals surface area contributed by atoms with Crippen molar-refractivity contribution in [3.8, 4) is 0 Å². The molecule has 1 saturated heterocycles. The number of ether oxygens (including phenoxy) is 1. The summed E-state index contributed by atoms with van der Waals surface area (Å²) in [6, 6.07) is 0. The molecule has 0 aromatic rings. The first-order valence-corrected chi connectivity index (χ1v) is 10.2. The second-order valence-corrected chi connectivity index (χ2v) is 10.7. The molecule has 0 aromatic heterocycles. The standard InChI is InChI=1S/C19H27BrO3/c1-17-6-5-14-12(13(17)2-3-15(17)22)8-16-19(20)9-11(21)4-7-18(14,19)10-23-16/h11-14,16,21H,2-10H2,1H3/t11-,12+,13-,14-,16+,17-,18+,19?/m0/s1. The Hall–Kier alpha value is 0.0700. The van der Waals surface area contributed by atoms with Gasteiger partial charge in [-0.15, -0.1) is 0 Å². The Morgan fingerprint density at radius 2 is 2.04 bits per heavy atom. The summed E-state index contributed by atoms with van der Waals surface area (Å²) in [4.78, 5) is 12.5. The lowest BCUT2D eigenvalue weighted by molar-refractivity contribution is -0.136. The molecule has 0 radical (unpaired) electrons. The van der Waals surface area contributed by atoms with Crippen molar-refractivity contribution in [3.05, 3.63) is 0 Å². The second-order valence-electron chi connectivity index (χ2n) is 9.25. The van der Waals surface area contributed by atoms with Gasteiger partial charge in [0.1, 0.15) is 5.78 Å². The molecule has 8 atom stereocenters.